The van der Waals surface area contributed by atoms with E-state index in [0.717, 1.165) is 35.0 Å². The smallest absolute Gasteiger partial charge is 0.319 e. The molecule has 3 amide bonds. The van der Waals surface area contributed by atoms with Crippen LogP contribution in [-0.2, 0) is 17.6 Å². The molecule has 3 aromatic carbocycles. The van der Waals surface area contributed by atoms with Gasteiger partial charge in [0.15, 0.2) is 0 Å². The highest BCUT2D eigenvalue weighted by Gasteiger charge is 2.33. The maximum Gasteiger partial charge on any atom is 0.319 e. The molecule has 1 heterocycles. The van der Waals surface area contributed by atoms with E-state index in [1.165, 1.54) is 16.5 Å². The lowest BCUT2D eigenvalue weighted by atomic mass is 9.89. The molecule has 5 rings (SSSR count). The van der Waals surface area contributed by atoms with Crippen molar-refractivity contribution in [2.45, 2.75) is 32.7 Å². The van der Waals surface area contributed by atoms with E-state index in [-0.39, 0.29) is 11.9 Å². The molecule has 30 heavy (non-hydrogen) atoms. The van der Waals surface area contributed by atoms with E-state index in [1.807, 2.05) is 31.2 Å². The van der Waals surface area contributed by atoms with E-state index in [2.05, 4.69) is 46.3 Å². The van der Waals surface area contributed by atoms with Gasteiger partial charge in [-0.05, 0) is 65.8 Å². The maximum atomic E-state index is 13.3. The van der Waals surface area contributed by atoms with Crippen molar-refractivity contribution in [2.24, 2.45) is 0 Å². The van der Waals surface area contributed by atoms with Crippen molar-refractivity contribution < 1.29 is 9.59 Å². The molecule has 1 aliphatic heterocycles. The Labute approximate surface area is 175 Å². The molecule has 0 radical (unpaired) electrons. The summed E-state index contributed by atoms with van der Waals surface area (Å²) in [5.41, 5.74) is 6.45. The third-order valence-corrected chi connectivity index (χ3v) is 6.13. The predicted molar refractivity (Wildman–Crippen MR) is 118 cm³/mol. The molecule has 0 bridgehead atoms. The minimum Gasteiger partial charge on any atom is -0.327 e. The molecule has 3 N–H and O–H groups in total. The van der Waals surface area contributed by atoms with Gasteiger partial charge < -0.3 is 16.0 Å². The van der Waals surface area contributed by atoms with E-state index >= 15 is 0 Å². The van der Waals surface area contributed by atoms with Gasteiger partial charge in [-0.25, -0.2) is 4.79 Å². The van der Waals surface area contributed by atoms with Crippen LogP contribution in [-0.4, -0.2) is 11.9 Å². The maximum absolute atomic E-state index is 13.3. The molecule has 0 saturated heterocycles. The molecule has 5 heteroatoms. The summed E-state index contributed by atoms with van der Waals surface area (Å²) < 4.78 is 0. The molecule has 2 aliphatic rings. The van der Waals surface area contributed by atoms with E-state index in [1.54, 1.807) is 6.92 Å². The number of para-hydroxylation sites is 1. The normalized spacial score (nSPS) is 17.7. The minimum atomic E-state index is -0.521. The van der Waals surface area contributed by atoms with Crippen LogP contribution in [0.5, 0.6) is 0 Å². The second kappa shape index (κ2) is 7.02. The van der Waals surface area contributed by atoms with Crippen molar-refractivity contribution in [3.63, 3.8) is 0 Å². The number of hydrogen-bond acceptors (Lipinski definition) is 2. The number of benzene rings is 3. The van der Waals surface area contributed by atoms with Gasteiger partial charge in [-0.15, -0.1) is 0 Å². The zero-order valence-corrected chi connectivity index (χ0v) is 17.0. The molecule has 0 saturated carbocycles. The van der Waals surface area contributed by atoms with Gasteiger partial charge in [-0.1, -0.05) is 48.5 Å². The first kappa shape index (κ1) is 18.4. The van der Waals surface area contributed by atoms with Gasteiger partial charge in [0.1, 0.15) is 0 Å². The van der Waals surface area contributed by atoms with Crippen molar-refractivity contribution in [3.05, 3.63) is 88.1 Å². The summed E-state index contributed by atoms with van der Waals surface area (Å²) in [6, 6.07) is 17.3. The van der Waals surface area contributed by atoms with Gasteiger partial charge in [-0.2, -0.15) is 0 Å². The summed E-state index contributed by atoms with van der Waals surface area (Å²) in [7, 11) is 0. The van der Waals surface area contributed by atoms with Crippen LogP contribution in [0.25, 0.3) is 10.8 Å². The average molecular weight is 397 g/mol. The molecule has 0 fully saturated rings. The third kappa shape index (κ3) is 2.94. The van der Waals surface area contributed by atoms with Gasteiger partial charge in [0.25, 0.3) is 5.91 Å². The molecule has 3 aromatic rings. The summed E-state index contributed by atoms with van der Waals surface area (Å²) in [4.78, 5) is 25.7. The van der Waals surface area contributed by atoms with E-state index in [9.17, 15) is 9.59 Å². The van der Waals surface area contributed by atoms with Gasteiger partial charge >= 0.3 is 6.03 Å². The predicted octanol–water partition coefficient (Wildman–Crippen LogP) is 4.51. The SMILES string of the molecule is CC1=C(C(=O)Nc2ccccc2C)C(c2ccc3c4c(cccc24)CC3)NC(=O)N1. The van der Waals surface area contributed by atoms with Crippen LogP contribution in [0, 0.1) is 6.92 Å². The fourth-order valence-corrected chi connectivity index (χ4v) is 4.65. The number of allylic oxidation sites excluding steroid dienone is 1. The Balaban J connectivity index is 1.61. The molecule has 1 atom stereocenters. The Bertz CT molecular complexity index is 1230. The number of anilines is 1. The summed E-state index contributed by atoms with van der Waals surface area (Å²) in [5, 5.41) is 11.1. The summed E-state index contributed by atoms with van der Waals surface area (Å²) >= 11 is 0. The number of nitrogens with one attached hydrogen (secondary N) is 3. The first-order chi connectivity index (χ1) is 14.5. The number of carbonyl (C=O) groups excluding carboxylic acids is 2. The van der Waals surface area contributed by atoms with E-state index < -0.39 is 6.04 Å². The van der Waals surface area contributed by atoms with E-state index in [0.29, 0.717) is 11.3 Å². The van der Waals surface area contributed by atoms with Gasteiger partial charge in [0.2, 0.25) is 0 Å². The lowest BCUT2D eigenvalue weighted by Crippen LogP contribution is -2.46. The first-order valence-corrected chi connectivity index (χ1v) is 10.2. The quantitative estimate of drug-likeness (QED) is 0.608. The fraction of sp³-hybridized carbons (Fsp3) is 0.200. The largest absolute Gasteiger partial charge is 0.327 e. The lowest BCUT2D eigenvalue weighted by molar-refractivity contribution is -0.113. The molecule has 0 aromatic heterocycles. The highest BCUT2D eigenvalue weighted by atomic mass is 16.2. The third-order valence-electron chi connectivity index (χ3n) is 6.13. The van der Waals surface area contributed by atoms with Crippen molar-refractivity contribution >= 4 is 28.4 Å². The van der Waals surface area contributed by atoms with Crippen LogP contribution in [0.4, 0.5) is 10.5 Å². The molecule has 1 unspecified atom stereocenters. The number of hydrogen-bond donors (Lipinski definition) is 3. The molecule has 150 valence electrons. The highest BCUT2D eigenvalue weighted by Crippen LogP contribution is 2.38. The summed E-state index contributed by atoms with van der Waals surface area (Å²) in [6.45, 7) is 3.73. The van der Waals surface area contributed by atoms with Gasteiger partial charge in [0.05, 0.1) is 11.6 Å². The topological polar surface area (TPSA) is 70.2 Å². The van der Waals surface area contributed by atoms with Crippen LogP contribution in [0.2, 0.25) is 0 Å². The Hall–Kier alpha value is -3.60. The molecular formula is C25H23N3O2. The molecule has 1 aliphatic carbocycles. The Kier molecular flexibility index (Phi) is 4.31. The number of carbonyl (C=O) groups is 2. The number of urea groups is 1. The number of amides is 3. The summed E-state index contributed by atoms with van der Waals surface area (Å²) in [6.07, 6.45) is 2.06. The molecule has 5 nitrogen and oxygen atoms in total. The molecular weight excluding hydrogens is 374 g/mol. The lowest BCUT2D eigenvalue weighted by Gasteiger charge is -2.29. The van der Waals surface area contributed by atoms with Crippen LogP contribution in [0.15, 0.2) is 65.9 Å². The average Bonchev–Trinajstić information content (AvgIpc) is 3.14. The van der Waals surface area contributed by atoms with Gasteiger partial charge in [-0.3, -0.25) is 4.79 Å². The minimum absolute atomic E-state index is 0.220. The van der Waals surface area contributed by atoms with Crippen LogP contribution in [0.3, 0.4) is 0 Å². The van der Waals surface area contributed by atoms with Crippen molar-refractivity contribution in [2.75, 3.05) is 5.32 Å². The van der Waals surface area contributed by atoms with E-state index in [4.69, 9.17) is 0 Å². The summed E-state index contributed by atoms with van der Waals surface area (Å²) in [5.74, 6) is -0.220. The monoisotopic (exact) mass is 397 g/mol. The standard InChI is InChI=1S/C25H23N3O2/c1-14-6-3-4-9-20(14)27-24(29)21-15(2)26-25(30)28-23(21)19-13-12-17-11-10-16-7-5-8-18(19)22(16)17/h3-9,12-13,23H,10-11H2,1-2H3,(H,27,29)(H2,26,28,30). The fourth-order valence-electron chi connectivity index (χ4n) is 4.65. The molecule has 0 spiro atoms. The Morgan fingerprint density at radius 3 is 2.53 bits per heavy atom. The Morgan fingerprint density at radius 2 is 1.73 bits per heavy atom. The van der Waals surface area contributed by atoms with Gasteiger partial charge in [0, 0.05) is 11.4 Å². The second-order valence-electron chi connectivity index (χ2n) is 7.99. The van der Waals surface area contributed by atoms with Crippen LogP contribution in [0.1, 0.15) is 35.2 Å². The number of rotatable bonds is 3. The zero-order valence-electron chi connectivity index (χ0n) is 17.0. The van der Waals surface area contributed by atoms with Crippen molar-refractivity contribution in [3.8, 4) is 0 Å². The second-order valence-corrected chi connectivity index (χ2v) is 7.99. The van der Waals surface area contributed by atoms with Crippen molar-refractivity contribution in [1.82, 2.24) is 10.6 Å². The number of aryl methyl sites for hydroxylation is 3. The van der Waals surface area contributed by atoms with Crippen LogP contribution >= 0.6 is 0 Å². The Morgan fingerprint density at radius 1 is 0.967 bits per heavy atom. The zero-order chi connectivity index (χ0) is 20.8. The first-order valence-electron chi connectivity index (χ1n) is 10.2. The van der Waals surface area contributed by atoms with Crippen molar-refractivity contribution in [1.29, 1.82) is 0 Å². The van der Waals surface area contributed by atoms with Crippen LogP contribution < -0.4 is 16.0 Å². The highest BCUT2D eigenvalue weighted by molar-refractivity contribution is 6.08.